The topological polar surface area (TPSA) is 79.4 Å². The second kappa shape index (κ2) is 6.74. The number of fused-ring (bicyclic) bond motifs is 2. The minimum atomic E-state index is 0.106. The van der Waals surface area contributed by atoms with E-state index >= 15 is 0 Å². The second-order valence-corrected chi connectivity index (χ2v) is 6.71. The lowest BCUT2D eigenvalue weighted by Crippen LogP contribution is -2.07. The second-order valence-electron chi connectivity index (χ2n) is 6.71. The van der Waals surface area contributed by atoms with Crippen LogP contribution in [0.25, 0.3) is 33.3 Å². The van der Waals surface area contributed by atoms with E-state index in [1.807, 2.05) is 36.7 Å². The van der Waals surface area contributed by atoms with Gasteiger partial charge in [-0.1, -0.05) is 6.07 Å². The SMILES string of the molecule is CC(Nc1cc(-c2ccc3cc[nH]c3n2)c2nccnc2c1)c1cccnc1. The fourth-order valence-corrected chi connectivity index (χ4v) is 3.40. The molecule has 0 aliphatic heterocycles. The third-order valence-corrected chi connectivity index (χ3v) is 4.83. The van der Waals surface area contributed by atoms with E-state index < -0.39 is 0 Å². The molecule has 0 spiro atoms. The lowest BCUT2D eigenvalue weighted by Gasteiger charge is -2.17. The molecule has 5 rings (SSSR count). The van der Waals surface area contributed by atoms with Crippen LogP contribution in [0.5, 0.6) is 0 Å². The van der Waals surface area contributed by atoms with Gasteiger partial charge in [0.25, 0.3) is 0 Å². The Bertz CT molecular complexity index is 1260. The van der Waals surface area contributed by atoms with Crippen molar-refractivity contribution < 1.29 is 0 Å². The summed E-state index contributed by atoms with van der Waals surface area (Å²) < 4.78 is 0. The molecule has 0 saturated carbocycles. The van der Waals surface area contributed by atoms with Gasteiger partial charge in [-0.05, 0) is 48.9 Å². The summed E-state index contributed by atoms with van der Waals surface area (Å²) >= 11 is 0. The molecule has 6 heteroatoms. The number of hydrogen-bond acceptors (Lipinski definition) is 5. The zero-order valence-corrected chi connectivity index (χ0v) is 15.3. The predicted octanol–water partition coefficient (Wildman–Crippen LogP) is 4.74. The molecule has 0 radical (unpaired) electrons. The highest BCUT2D eigenvalue weighted by Crippen LogP contribution is 2.31. The molecule has 0 saturated heterocycles. The van der Waals surface area contributed by atoms with Gasteiger partial charge in [0.1, 0.15) is 5.65 Å². The molecular weight excluding hydrogens is 348 g/mol. The van der Waals surface area contributed by atoms with Gasteiger partial charge < -0.3 is 10.3 Å². The van der Waals surface area contributed by atoms with E-state index in [9.17, 15) is 0 Å². The smallest absolute Gasteiger partial charge is 0.137 e. The maximum Gasteiger partial charge on any atom is 0.137 e. The van der Waals surface area contributed by atoms with Crippen LogP contribution in [0.1, 0.15) is 18.5 Å². The highest BCUT2D eigenvalue weighted by Gasteiger charge is 2.13. The van der Waals surface area contributed by atoms with Gasteiger partial charge in [0, 0.05) is 47.6 Å². The Balaban J connectivity index is 1.61. The summed E-state index contributed by atoms with van der Waals surface area (Å²) in [6.45, 7) is 2.11. The molecule has 0 aliphatic rings. The molecule has 136 valence electrons. The predicted molar refractivity (Wildman–Crippen MR) is 111 cm³/mol. The summed E-state index contributed by atoms with van der Waals surface area (Å²) in [5, 5.41) is 4.63. The number of pyridine rings is 2. The van der Waals surface area contributed by atoms with E-state index in [0.29, 0.717) is 0 Å². The highest BCUT2D eigenvalue weighted by molar-refractivity contribution is 5.94. The summed E-state index contributed by atoms with van der Waals surface area (Å²) in [6.07, 6.45) is 8.97. The molecular formula is C22H18N6. The van der Waals surface area contributed by atoms with Crippen molar-refractivity contribution in [2.75, 3.05) is 5.32 Å². The molecule has 0 amide bonds. The van der Waals surface area contributed by atoms with Gasteiger partial charge in [0.05, 0.1) is 22.8 Å². The van der Waals surface area contributed by atoms with E-state index in [4.69, 9.17) is 4.98 Å². The molecule has 0 aliphatic carbocycles. The Labute approximate surface area is 161 Å². The van der Waals surface area contributed by atoms with Crippen molar-refractivity contribution in [1.29, 1.82) is 0 Å². The maximum atomic E-state index is 4.77. The van der Waals surface area contributed by atoms with Gasteiger partial charge in [-0.25, -0.2) is 4.98 Å². The van der Waals surface area contributed by atoms with Gasteiger partial charge in [-0.15, -0.1) is 0 Å². The first-order valence-electron chi connectivity index (χ1n) is 9.14. The van der Waals surface area contributed by atoms with Crippen molar-refractivity contribution in [3.05, 3.63) is 79.0 Å². The Kier molecular flexibility index (Phi) is 3.94. The van der Waals surface area contributed by atoms with Crippen molar-refractivity contribution in [2.24, 2.45) is 0 Å². The van der Waals surface area contributed by atoms with Gasteiger partial charge >= 0.3 is 0 Å². The minimum absolute atomic E-state index is 0.106. The quantitative estimate of drug-likeness (QED) is 0.480. The van der Waals surface area contributed by atoms with Crippen molar-refractivity contribution >= 4 is 27.8 Å². The van der Waals surface area contributed by atoms with Gasteiger partial charge in [0.15, 0.2) is 0 Å². The maximum absolute atomic E-state index is 4.77. The van der Waals surface area contributed by atoms with E-state index in [1.165, 1.54) is 0 Å². The Hall–Kier alpha value is -3.80. The van der Waals surface area contributed by atoms with Gasteiger partial charge in [-0.2, -0.15) is 0 Å². The summed E-state index contributed by atoms with van der Waals surface area (Å²) in [5.74, 6) is 0. The van der Waals surface area contributed by atoms with Crippen molar-refractivity contribution in [1.82, 2.24) is 24.9 Å². The van der Waals surface area contributed by atoms with Crippen LogP contribution >= 0.6 is 0 Å². The van der Waals surface area contributed by atoms with Crippen LogP contribution < -0.4 is 5.32 Å². The first-order chi connectivity index (χ1) is 13.8. The first-order valence-corrected chi connectivity index (χ1v) is 9.14. The van der Waals surface area contributed by atoms with E-state index in [2.05, 4.69) is 50.4 Å². The number of rotatable bonds is 4. The number of aromatic amines is 1. The molecule has 4 aromatic heterocycles. The van der Waals surface area contributed by atoms with E-state index in [1.54, 1.807) is 18.6 Å². The lowest BCUT2D eigenvalue weighted by molar-refractivity contribution is 0.876. The summed E-state index contributed by atoms with van der Waals surface area (Å²) in [7, 11) is 0. The summed E-state index contributed by atoms with van der Waals surface area (Å²) in [5.41, 5.74) is 6.41. The largest absolute Gasteiger partial charge is 0.378 e. The molecule has 4 heterocycles. The lowest BCUT2D eigenvalue weighted by atomic mass is 10.1. The fourth-order valence-electron chi connectivity index (χ4n) is 3.40. The molecule has 5 aromatic rings. The number of aromatic nitrogens is 5. The molecule has 0 bridgehead atoms. The van der Waals surface area contributed by atoms with Gasteiger partial charge in [0.2, 0.25) is 0 Å². The van der Waals surface area contributed by atoms with Crippen LogP contribution in [0.3, 0.4) is 0 Å². The first kappa shape index (κ1) is 16.4. The van der Waals surface area contributed by atoms with Crippen LogP contribution in [-0.4, -0.2) is 24.9 Å². The highest BCUT2D eigenvalue weighted by atomic mass is 14.9. The third-order valence-electron chi connectivity index (χ3n) is 4.83. The number of nitrogens with zero attached hydrogens (tertiary/aromatic N) is 4. The van der Waals surface area contributed by atoms with Crippen LogP contribution in [0.15, 0.2) is 73.4 Å². The van der Waals surface area contributed by atoms with E-state index in [-0.39, 0.29) is 6.04 Å². The molecule has 2 N–H and O–H groups in total. The minimum Gasteiger partial charge on any atom is -0.378 e. The average molecular weight is 366 g/mol. The molecule has 28 heavy (non-hydrogen) atoms. The van der Waals surface area contributed by atoms with Gasteiger partial charge in [-0.3, -0.25) is 15.0 Å². The Morgan fingerprint density at radius 2 is 1.93 bits per heavy atom. The zero-order chi connectivity index (χ0) is 18.9. The van der Waals surface area contributed by atoms with Crippen molar-refractivity contribution in [3.8, 4) is 11.3 Å². The standard InChI is InChI=1S/C22H18N6/c1-14(16-3-2-7-23-13-16)27-17-11-18(21-20(12-17)24-9-10-25-21)19-5-4-15-6-8-26-22(15)28-19/h2-14,27H,1H3,(H,26,28). The van der Waals surface area contributed by atoms with Crippen LogP contribution in [-0.2, 0) is 0 Å². The van der Waals surface area contributed by atoms with Crippen molar-refractivity contribution in [2.45, 2.75) is 13.0 Å². The number of benzene rings is 1. The number of anilines is 1. The molecule has 0 fully saturated rings. The number of H-pyrrole nitrogens is 1. The third kappa shape index (κ3) is 2.95. The monoisotopic (exact) mass is 366 g/mol. The summed E-state index contributed by atoms with van der Waals surface area (Å²) in [4.78, 5) is 21.2. The number of nitrogens with one attached hydrogen (secondary N) is 2. The fraction of sp³-hybridized carbons (Fsp3) is 0.0909. The van der Waals surface area contributed by atoms with Crippen molar-refractivity contribution in [3.63, 3.8) is 0 Å². The van der Waals surface area contributed by atoms with Crippen LogP contribution in [0.2, 0.25) is 0 Å². The Morgan fingerprint density at radius 3 is 2.82 bits per heavy atom. The normalized spacial score (nSPS) is 12.3. The molecule has 1 unspecified atom stereocenters. The summed E-state index contributed by atoms with van der Waals surface area (Å²) in [6, 6.07) is 14.3. The zero-order valence-electron chi connectivity index (χ0n) is 15.3. The Morgan fingerprint density at radius 1 is 1.00 bits per heavy atom. The van der Waals surface area contributed by atoms with E-state index in [0.717, 1.165) is 44.6 Å². The average Bonchev–Trinajstić information content (AvgIpc) is 3.21. The van der Waals surface area contributed by atoms with Crippen LogP contribution in [0, 0.1) is 0 Å². The molecule has 1 aromatic carbocycles. The molecule has 1 atom stereocenters. The number of hydrogen-bond donors (Lipinski definition) is 2. The molecule has 6 nitrogen and oxygen atoms in total. The van der Waals surface area contributed by atoms with Crippen LogP contribution in [0.4, 0.5) is 5.69 Å².